The van der Waals surface area contributed by atoms with E-state index in [1.165, 1.54) is 75.5 Å². The van der Waals surface area contributed by atoms with E-state index in [0.717, 1.165) is 29.9 Å². The van der Waals surface area contributed by atoms with Gasteiger partial charge in [0.05, 0.1) is 0 Å². The fourth-order valence-corrected chi connectivity index (χ4v) is 9.23. The molecule has 0 spiro atoms. The fourth-order valence-electron chi connectivity index (χ4n) is 7.99. The largest absolute Gasteiger partial charge is 0.311 e. The van der Waals surface area contributed by atoms with Gasteiger partial charge in [-0.15, -0.1) is 11.3 Å². The second-order valence-electron chi connectivity index (χ2n) is 13.6. The quantitative estimate of drug-likeness (QED) is 0.158. The lowest BCUT2D eigenvalue weighted by Gasteiger charge is -2.26. The lowest BCUT2D eigenvalue weighted by Crippen LogP contribution is -2.09. The Morgan fingerprint density at radius 3 is 1.73 bits per heavy atom. The highest BCUT2D eigenvalue weighted by Crippen LogP contribution is 2.43. The van der Waals surface area contributed by atoms with E-state index in [2.05, 4.69) is 193 Å². The van der Waals surface area contributed by atoms with E-state index >= 15 is 0 Å². The zero-order valence-corrected chi connectivity index (χ0v) is 29.5. The molecular formula is C50H35NS. The summed E-state index contributed by atoms with van der Waals surface area (Å²) in [5.74, 6) is 0. The summed E-state index contributed by atoms with van der Waals surface area (Å²) in [7, 11) is 0. The first-order valence-corrected chi connectivity index (χ1v) is 18.9. The van der Waals surface area contributed by atoms with Crippen LogP contribution in [0.3, 0.4) is 0 Å². The molecule has 0 bridgehead atoms. The number of aryl methyl sites for hydroxylation is 1. The van der Waals surface area contributed by atoms with E-state index < -0.39 is 0 Å². The molecule has 9 aromatic rings. The zero-order valence-electron chi connectivity index (χ0n) is 28.7. The number of allylic oxidation sites excluding steroid dienone is 1. The van der Waals surface area contributed by atoms with E-state index in [0.29, 0.717) is 0 Å². The Hall–Kier alpha value is -6.22. The summed E-state index contributed by atoms with van der Waals surface area (Å²) >= 11 is 1.95. The molecule has 10 rings (SSSR count). The average molecular weight is 682 g/mol. The Morgan fingerprint density at radius 2 is 1.02 bits per heavy atom. The van der Waals surface area contributed by atoms with Crippen LogP contribution in [0.25, 0.3) is 71.1 Å². The van der Waals surface area contributed by atoms with Gasteiger partial charge in [0.2, 0.25) is 0 Å². The smallest absolute Gasteiger partial charge is 0.0462 e. The number of hydrogen-bond acceptors (Lipinski definition) is 2. The number of anilines is 3. The van der Waals surface area contributed by atoms with Gasteiger partial charge >= 0.3 is 0 Å². The van der Waals surface area contributed by atoms with E-state index in [-0.39, 0.29) is 0 Å². The SMILES string of the molecule is C1=Cc2c(sc3cccc(-c4ccc(N(c5ccc(-c6ccccc6)cc5)c5ccc(-c6cc7ccccc7c7ccccc67)cc5)cc4)c23)CC1. The normalized spacial score (nSPS) is 12.4. The molecule has 0 fully saturated rings. The summed E-state index contributed by atoms with van der Waals surface area (Å²) in [6.07, 6.45) is 6.92. The van der Waals surface area contributed by atoms with Crippen molar-refractivity contribution in [3.63, 3.8) is 0 Å². The predicted molar refractivity (Wildman–Crippen MR) is 225 cm³/mol. The third kappa shape index (κ3) is 5.31. The van der Waals surface area contributed by atoms with Crippen molar-refractivity contribution in [2.45, 2.75) is 12.8 Å². The molecular weight excluding hydrogens is 647 g/mol. The highest BCUT2D eigenvalue weighted by atomic mass is 32.1. The summed E-state index contributed by atoms with van der Waals surface area (Å²) in [5.41, 5.74) is 12.2. The first kappa shape index (κ1) is 30.6. The van der Waals surface area contributed by atoms with Gasteiger partial charge in [0.15, 0.2) is 0 Å². The van der Waals surface area contributed by atoms with Crippen molar-refractivity contribution in [3.8, 4) is 33.4 Å². The van der Waals surface area contributed by atoms with Crippen LogP contribution in [-0.4, -0.2) is 0 Å². The molecule has 1 heterocycles. The van der Waals surface area contributed by atoms with Crippen LogP contribution >= 0.6 is 11.3 Å². The van der Waals surface area contributed by atoms with E-state index in [1.807, 2.05) is 11.3 Å². The minimum atomic E-state index is 1.12. The summed E-state index contributed by atoms with van der Waals surface area (Å²) in [6.45, 7) is 0. The van der Waals surface area contributed by atoms with Crippen molar-refractivity contribution >= 4 is 66.1 Å². The Balaban J connectivity index is 1.07. The van der Waals surface area contributed by atoms with Crippen LogP contribution in [0.4, 0.5) is 17.1 Å². The van der Waals surface area contributed by atoms with Gasteiger partial charge in [0.25, 0.3) is 0 Å². The second-order valence-corrected chi connectivity index (χ2v) is 14.7. The summed E-state index contributed by atoms with van der Waals surface area (Å²) in [6, 6.07) is 64.3. The van der Waals surface area contributed by atoms with Crippen LogP contribution in [0.5, 0.6) is 0 Å². The molecule has 0 unspecified atom stereocenters. The van der Waals surface area contributed by atoms with Crippen molar-refractivity contribution in [2.24, 2.45) is 0 Å². The van der Waals surface area contributed by atoms with Crippen LogP contribution in [0, 0.1) is 0 Å². The van der Waals surface area contributed by atoms with Gasteiger partial charge in [-0.2, -0.15) is 0 Å². The number of rotatable bonds is 6. The third-order valence-electron chi connectivity index (χ3n) is 10.5. The monoisotopic (exact) mass is 681 g/mol. The van der Waals surface area contributed by atoms with E-state index in [1.54, 1.807) is 0 Å². The lowest BCUT2D eigenvalue weighted by molar-refractivity contribution is 1.02. The Kier molecular flexibility index (Phi) is 7.55. The minimum Gasteiger partial charge on any atom is -0.311 e. The molecule has 0 saturated heterocycles. The minimum absolute atomic E-state index is 1.12. The molecule has 0 aliphatic heterocycles. The van der Waals surface area contributed by atoms with Crippen LogP contribution in [-0.2, 0) is 6.42 Å². The van der Waals surface area contributed by atoms with Crippen LogP contribution < -0.4 is 4.90 Å². The van der Waals surface area contributed by atoms with Crippen molar-refractivity contribution in [3.05, 3.63) is 192 Å². The van der Waals surface area contributed by atoms with Gasteiger partial charge in [-0.25, -0.2) is 0 Å². The molecule has 0 amide bonds. The Labute approximate surface area is 308 Å². The lowest BCUT2D eigenvalue weighted by atomic mass is 9.93. The molecule has 8 aromatic carbocycles. The molecule has 0 N–H and O–H groups in total. The summed E-state index contributed by atoms with van der Waals surface area (Å²) < 4.78 is 1.37. The van der Waals surface area contributed by atoms with Crippen molar-refractivity contribution < 1.29 is 0 Å². The molecule has 1 aliphatic rings. The maximum absolute atomic E-state index is 2.37. The maximum Gasteiger partial charge on any atom is 0.0462 e. The molecule has 1 aromatic heterocycles. The molecule has 1 aliphatic carbocycles. The molecule has 0 radical (unpaired) electrons. The maximum atomic E-state index is 2.37. The van der Waals surface area contributed by atoms with Gasteiger partial charge in [-0.1, -0.05) is 140 Å². The number of thiophene rings is 1. The first-order valence-electron chi connectivity index (χ1n) is 18.1. The third-order valence-corrected chi connectivity index (χ3v) is 11.8. The molecule has 2 heteroatoms. The molecule has 0 atom stereocenters. The van der Waals surface area contributed by atoms with Gasteiger partial charge in [0.1, 0.15) is 0 Å². The van der Waals surface area contributed by atoms with Gasteiger partial charge in [-0.3, -0.25) is 0 Å². The number of hydrogen-bond donors (Lipinski definition) is 0. The topological polar surface area (TPSA) is 3.24 Å². The number of benzene rings is 8. The average Bonchev–Trinajstić information content (AvgIpc) is 3.61. The predicted octanol–water partition coefficient (Wildman–Crippen LogP) is 14.6. The highest BCUT2D eigenvalue weighted by molar-refractivity contribution is 7.19. The number of nitrogens with zero attached hydrogens (tertiary/aromatic N) is 1. The second kappa shape index (κ2) is 12.8. The van der Waals surface area contributed by atoms with Crippen molar-refractivity contribution in [1.29, 1.82) is 0 Å². The fraction of sp³-hybridized carbons (Fsp3) is 0.0400. The van der Waals surface area contributed by atoms with Gasteiger partial charge in [-0.05, 0) is 122 Å². The van der Waals surface area contributed by atoms with E-state index in [9.17, 15) is 0 Å². The van der Waals surface area contributed by atoms with Crippen LogP contribution in [0.15, 0.2) is 182 Å². The Bertz CT molecular complexity index is 2750. The van der Waals surface area contributed by atoms with E-state index in [4.69, 9.17) is 0 Å². The standard InChI is InChI=1S/C50H35NS/c1-2-11-34(12-3-1)35-21-27-39(28-22-35)51(40-29-23-36(24-30-40)43-18-10-20-49-50(43)46-17-8-9-19-48(46)52-49)41-31-25-37(26-32-41)47-33-38-13-4-5-14-42(38)44-15-6-7-16-45(44)47/h1-8,10-18,20-33H,9,19H2. The van der Waals surface area contributed by atoms with Crippen LogP contribution in [0.2, 0.25) is 0 Å². The van der Waals surface area contributed by atoms with Gasteiger partial charge in [0, 0.05) is 32.0 Å². The molecule has 0 saturated carbocycles. The molecule has 1 nitrogen and oxygen atoms in total. The summed E-state index contributed by atoms with van der Waals surface area (Å²) in [5, 5.41) is 6.50. The van der Waals surface area contributed by atoms with Crippen LogP contribution in [0.1, 0.15) is 16.9 Å². The highest BCUT2D eigenvalue weighted by Gasteiger charge is 2.18. The van der Waals surface area contributed by atoms with Crippen molar-refractivity contribution in [2.75, 3.05) is 4.90 Å². The molecule has 246 valence electrons. The summed E-state index contributed by atoms with van der Waals surface area (Å²) in [4.78, 5) is 3.88. The number of fused-ring (bicyclic) bond motifs is 6. The first-order chi connectivity index (χ1) is 25.8. The van der Waals surface area contributed by atoms with Crippen molar-refractivity contribution in [1.82, 2.24) is 0 Å². The zero-order chi connectivity index (χ0) is 34.4. The van der Waals surface area contributed by atoms with Gasteiger partial charge < -0.3 is 4.90 Å². The Morgan fingerprint density at radius 1 is 0.442 bits per heavy atom. The molecule has 52 heavy (non-hydrogen) atoms.